The molecule has 0 bridgehead atoms. The van der Waals surface area contributed by atoms with Crippen LogP contribution in [0.4, 0.5) is 0 Å². The fraction of sp³-hybridized carbons (Fsp3) is 0.750. The molecule has 1 N–H and O–H groups in total. The number of esters is 5. The van der Waals surface area contributed by atoms with Crippen LogP contribution in [-0.2, 0) is 52.4 Å². The lowest BCUT2D eigenvalue weighted by Gasteiger charge is -2.35. The Labute approximate surface area is 688 Å². The highest BCUT2D eigenvalue weighted by Gasteiger charge is 2.40. The van der Waals surface area contributed by atoms with Gasteiger partial charge in [-0.3, -0.25) is 24.0 Å². The monoisotopic (exact) mass is 1570 g/mol. The maximum Gasteiger partial charge on any atom is 0.305 e. The minimum atomic E-state index is -1.39. The van der Waals surface area contributed by atoms with Crippen molar-refractivity contribution in [1.82, 2.24) is 0 Å². The second-order valence-corrected chi connectivity index (χ2v) is 31.9. The first kappa shape index (κ1) is 107. The van der Waals surface area contributed by atoms with Gasteiger partial charge in [-0.15, -0.1) is 0 Å². The van der Waals surface area contributed by atoms with E-state index in [1.54, 1.807) is 0 Å². The third-order valence-corrected chi connectivity index (χ3v) is 20.5. The summed E-state index contributed by atoms with van der Waals surface area (Å²) in [6.07, 6.45) is 104. The van der Waals surface area contributed by atoms with Crippen LogP contribution >= 0.6 is 0 Å². The molecule has 0 atom stereocenters. The minimum absolute atomic E-state index is 0.190. The predicted molar refractivity (Wildman–Crippen MR) is 474 cm³/mol. The Bertz CT molecular complexity index is 2230. The van der Waals surface area contributed by atoms with Crippen molar-refractivity contribution < 1.29 is 57.5 Å². The highest BCUT2D eigenvalue weighted by molar-refractivity contribution is 5.71. The van der Waals surface area contributed by atoms with Gasteiger partial charge in [0.05, 0.1) is 30.7 Å². The van der Waals surface area contributed by atoms with Gasteiger partial charge < -0.3 is 33.5 Å². The topological polar surface area (TPSA) is 161 Å². The van der Waals surface area contributed by atoms with Gasteiger partial charge in [-0.2, -0.15) is 0 Å². The van der Waals surface area contributed by atoms with Gasteiger partial charge >= 0.3 is 29.8 Å². The molecular formula is C100H172O12. The molecule has 0 aliphatic heterocycles. The van der Waals surface area contributed by atoms with Crippen molar-refractivity contribution in [3.63, 3.8) is 0 Å². The van der Waals surface area contributed by atoms with Gasteiger partial charge in [0, 0.05) is 32.1 Å². The van der Waals surface area contributed by atoms with E-state index in [0.717, 1.165) is 225 Å². The Hall–Kier alpha value is -5.33. The molecule has 0 amide bonds. The van der Waals surface area contributed by atoms with Crippen molar-refractivity contribution in [2.75, 3.05) is 52.9 Å². The van der Waals surface area contributed by atoms with E-state index < -0.39 is 47.3 Å². The van der Waals surface area contributed by atoms with Gasteiger partial charge in [0.15, 0.2) is 0 Å². The summed E-state index contributed by atoms with van der Waals surface area (Å²) in [4.78, 5) is 68.6. The summed E-state index contributed by atoms with van der Waals surface area (Å²) in [6.45, 7) is 8.68. The number of carbonyl (C=O) groups excluding carboxylic acids is 5. The molecular weight excluding hydrogens is 1390 g/mol. The Morgan fingerprint density at radius 1 is 0.205 bits per heavy atom. The molecule has 0 saturated heterocycles. The number of carbonyl (C=O) groups is 5. The number of unbranched alkanes of at least 4 members (excludes halogenated alkanes) is 40. The molecule has 644 valence electrons. The average molecular weight is 1570 g/mol. The van der Waals surface area contributed by atoms with Crippen LogP contribution < -0.4 is 0 Å². The molecule has 112 heavy (non-hydrogen) atoms. The van der Waals surface area contributed by atoms with E-state index in [2.05, 4.69) is 156 Å². The van der Waals surface area contributed by atoms with Crippen molar-refractivity contribution in [1.29, 1.82) is 0 Å². The van der Waals surface area contributed by atoms with Crippen LogP contribution in [0.15, 0.2) is 122 Å². The fourth-order valence-electron chi connectivity index (χ4n) is 12.9. The zero-order valence-corrected chi connectivity index (χ0v) is 73.1. The van der Waals surface area contributed by atoms with Crippen LogP contribution in [0.25, 0.3) is 0 Å². The Morgan fingerprint density at radius 3 is 0.554 bits per heavy atom. The molecule has 0 aromatic carbocycles. The number of aliphatic hydroxyl groups is 1. The molecule has 0 spiro atoms. The molecule has 0 heterocycles. The zero-order valence-electron chi connectivity index (χ0n) is 73.1. The van der Waals surface area contributed by atoms with E-state index >= 15 is 0 Å². The third-order valence-electron chi connectivity index (χ3n) is 20.5. The molecule has 0 aromatic heterocycles. The van der Waals surface area contributed by atoms with E-state index in [-0.39, 0.29) is 78.4 Å². The van der Waals surface area contributed by atoms with Crippen molar-refractivity contribution in [3.05, 3.63) is 122 Å². The van der Waals surface area contributed by atoms with Crippen LogP contribution in [0.1, 0.15) is 420 Å². The maximum atomic E-state index is 13.8. The molecule has 0 unspecified atom stereocenters. The number of ether oxygens (including phenoxy) is 6. The van der Waals surface area contributed by atoms with E-state index in [0.29, 0.717) is 32.1 Å². The van der Waals surface area contributed by atoms with Crippen molar-refractivity contribution >= 4 is 29.8 Å². The standard InChI is InChI=1S/C100H172O12/c1-6-11-16-21-26-31-36-41-46-51-56-61-66-71-76-81-94(102)108-89-99(86-101,90-109-95(103)82-77-72-67-62-57-52-47-42-37-32-27-22-17-12-7-2)87-107-88-100(91-110-96(104)83-78-73-68-63-58-53-48-43-38-33-28-23-18-13-8-3,92-111-97(105)84-79-74-69-64-59-54-49-44-39-34-29-24-19-14-9-4)93-112-98(106)85-80-75-70-65-60-55-50-45-40-35-30-25-20-15-10-5/h26-35,41-50,101H,6-25,36-40,51-93H2,1-5H3/b31-26-,32-27-,33-28-,34-29-,35-30-,46-41-,47-42-,48-43-,49-44-,50-45-. The van der Waals surface area contributed by atoms with E-state index in [9.17, 15) is 29.1 Å². The lowest BCUT2D eigenvalue weighted by atomic mass is 9.90. The molecule has 0 rings (SSSR count). The second-order valence-electron chi connectivity index (χ2n) is 31.9. The summed E-state index contributed by atoms with van der Waals surface area (Å²) in [5.41, 5.74) is -2.76. The lowest BCUT2D eigenvalue weighted by Crippen LogP contribution is -2.46. The fourth-order valence-corrected chi connectivity index (χ4v) is 12.9. The first-order valence-electron chi connectivity index (χ1n) is 46.5. The smallest absolute Gasteiger partial charge is 0.305 e. The summed E-state index contributed by atoms with van der Waals surface area (Å²) >= 11 is 0. The van der Waals surface area contributed by atoms with Crippen molar-refractivity contribution in [3.8, 4) is 0 Å². The van der Waals surface area contributed by atoms with Crippen molar-refractivity contribution in [2.45, 2.75) is 420 Å². The van der Waals surface area contributed by atoms with Gasteiger partial charge in [-0.05, 0) is 193 Å². The Morgan fingerprint density at radius 2 is 0.366 bits per heavy atom. The summed E-state index contributed by atoms with van der Waals surface area (Å²) in [5, 5.41) is 11.4. The largest absolute Gasteiger partial charge is 0.465 e. The van der Waals surface area contributed by atoms with Gasteiger partial charge in [0.2, 0.25) is 0 Å². The molecule has 0 aliphatic carbocycles. The van der Waals surface area contributed by atoms with Crippen LogP contribution in [0, 0.1) is 10.8 Å². The van der Waals surface area contributed by atoms with Crippen LogP contribution in [-0.4, -0.2) is 87.8 Å². The quantitative estimate of drug-likeness (QED) is 0.0266. The zero-order chi connectivity index (χ0) is 81.4. The number of hydrogen-bond acceptors (Lipinski definition) is 12. The van der Waals surface area contributed by atoms with Gasteiger partial charge in [0.1, 0.15) is 33.0 Å². The number of rotatable bonds is 85. The Balaban J connectivity index is 6.63. The van der Waals surface area contributed by atoms with E-state index in [4.69, 9.17) is 28.4 Å². The molecule has 12 nitrogen and oxygen atoms in total. The summed E-state index contributed by atoms with van der Waals surface area (Å²) in [5.74, 6) is -2.09. The second kappa shape index (κ2) is 86.5. The van der Waals surface area contributed by atoms with E-state index in [1.807, 2.05) is 0 Å². The predicted octanol–water partition coefficient (Wildman–Crippen LogP) is 28.8. The third kappa shape index (κ3) is 77.3. The summed E-state index contributed by atoms with van der Waals surface area (Å²) < 4.78 is 36.9. The highest BCUT2D eigenvalue weighted by atomic mass is 16.6. The normalized spacial score (nSPS) is 12.5. The summed E-state index contributed by atoms with van der Waals surface area (Å²) in [6, 6.07) is 0. The lowest BCUT2D eigenvalue weighted by molar-refractivity contribution is -0.172. The van der Waals surface area contributed by atoms with Gasteiger partial charge in [-0.25, -0.2) is 0 Å². The first-order valence-corrected chi connectivity index (χ1v) is 46.5. The molecule has 0 fully saturated rings. The van der Waals surface area contributed by atoms with E-state index in [1.165, 1.54) is 96.3 Å². The number of aliphatic hydroxyl groups excluding tert-OH is 1. The molecule has 12 heteroatoms. The molecule has 0 saturated carbocycles. The SMILES string of the molecule is CCCCC/C=C\C/C=C\CCCCCCCC(=O)OCC(CO)(COCC(COC(=O)CCCCCCC/C=C\C/C=C\CCCCC)(COC(=O)CCCCCCC/C=C\C/C=C\CCCCC)COC(=O)CCCCCCC/C=C\C/C=C\CCCCC)COC(=O)CCCCCCC/C=C\C/C=C\CCCCC. The summed E-state index contributed by atoms with van der Waals surface area (Å²) in [7, 11) is 0. The first-order chi connectivity index (χ1) is 55.0. The number of allylic oxidation sites excluding steroid dienone is 20. The Kier molecular flexibility index (Phi) is 82.4. The van der Waals surface area contributed by atoms with Gasteiger partial charge in [0.25, 0.3) is 0 Å². The van der Waals surface area contributed by atoms with Crippen LogP contribution in [0.5, 0.6) is 0 Å². The molecule has 0 aliphatic rings. The van der Waals surface area contributed by atoms with Crippen LogP contribution in [0.2, 0.25) is 0 Å². The van der Waals surface area contributed by atoms with Crippen molar-refractivity contribution in [2.24, 2.45) is 10.8 Å². The highest BCUT2D eigenvalue weighted by Crippen LogP contribution is 2.28. The van der Waals surface area contributed by atoms with Crippen LogP contribution in [0.3, 0.4) is 0 Å². The minimum Gasteiger partial charge on any atom is -0.465 e. The molecule has 0 radical (unpaired) electrons. The maximum absolute atomic E-state index is 13.8. The van der Waals surface area contributed by atoms with Gasteiger partial charge in [-0.1, -0.05) is 317 Å². The number of hydrogen-bond donors (Lipinski definition) is 1. The molecule has 0 aromatic rings. The average Bonchev–Trinajstić information content (AvgIpc) is 0.843.